The molecule has 0 bridgehead atoms. The number of ether oxygens (including phenoxy) is 1. The average Bonchev–Trinajstić information content (AvgIpc) is 2.69. The highest BCUT2D eigenvalue weighted by Gasteiger charge is 2.27. The van der Waals surface area contributed by atoms with E-state index in [2.05, 4.69) is 11.8 Å². The van der Waals surface area contributed by atoms with E-state index in [1.165, 1.54) is 32.2 Å². The van der Waals surface area contributed by atoms with Crippen molar-refractivity contribution in [3.63, 3.8) is 0 Å². The number of halogens is 1. The van der Waals surface area contributed by atoms with Crippen LogP contribution in [0.5, 0.6) is 0 Å². The van der Waals surface area contributed by atoms with E-state index >= 15 is 0 Å². The predicted octanol–water partition coefficient (Wildman–Crippen LogP) is 2.50. The molecule has 15 heavy (non-hydrogen) atoms. The van der Waals surface area contributed by atoms with Crippen molar-refractivity contribution in [2.75, 3.05) is 25.5 Å². The maximum atomic E-state index is 5.88. The summed E-state index contributed by atoms with van der Waals surface area (Å²) in [5.74, 6) is 1.57. The standard InChI is InChI=1S/C12H22ClNO/c1-10-7-14(9-12(6-13)15-10)8-11-4-2-3-5-11/h10-12H,2-9H2,1H3. The van der Waals surface area contributed by atoms with Gasteiger partial charge in [0.2, 0.25) is 0 Å². The molecule has 3 heteroatoms. The van der Waals surface area contributed by atoms with Gasteiger partial charge in [0.15, 0.2) is 0 Å². The number of rotatable bonds is 3. The third-order valence-corrected chi connectivity index (χ3v) is 3.91. The molecular weight excluding hydrogens is 210 g/mol. The predicted molar refractivity (Wildman–Crippen MR) is 63.5 cm³/mol. The van der Waals surface area contributed by atoms with Crippen LogP contribution in [0.25, 0.3) is 0 Å². The molecule has 0 aromatic rings. The van der Waals surface area contributed by atoms with Crippen molar-refractivity contribution in [1.82, 2.24) is 4.90 Å². The Balaban J connectivity index is 1.80. The molecule has 2 fully saturated rings. The van der Waals surface area contributed by atoms with Crippen molar-refractivity contribution in [2.24, 2.45) is 5.92 Å². The van der Waals surface area contributed by atoms with Crippen molar-refractivity contribution in [1.29, 1.82) is 0 Å². The third kappa shape index (κ3) is 3.33. The summed E-state index contributed by atoms with van der Waals surface area (Å²) in [4.78, 5) is 2.55. The number of morpholine rings is 1. The smallest absolute Gasteiger partial charge is 0.0841 e. The first-order valence-corrected chi connectivity index (χ1v) is 6.75. The number of nitrogens with zero attached hydrogens (tertiary/aromatic N) is 1. The van der Waals surface area contributed by atoms with Crippen molar-refractivity contribution in [3.8, 4) is 0 Å². The molecule has 0 amide bonds. The zero-order chi connectivity index (χ0) is 10.7. The molecule has 0 N–H and O–H groups in total. The maximum absolute atomic E-state index is 5.88. The first-order valence-electron chi connectivity index (χ1n) is 6.21. The Hall–Kier alpha value is 0.210. The van der Waals surface area contributed by atoms with Gasteiger partial charge in [-0.25, -0.2) is 0 Å². The summed E-state index contributed by atoms with van der Waals surface area (Å²) < 4.78 is 5.76. The van der Waals surface area contributed by atoms with E-state index in [1.807, 2.05) is 0 Å². The Labute approximate surface area is 97.9 Å². The van der Waals surface area contributed by atoms with E-state index < -0.39 is 0 Å². The molecule has 88 valence electrons. The van der Waals surface area contributed by atoms with E-state index in [9.17, 15) is 0 Å². The van der Waals surface area contributed by atoms with Crippen LogP contribution < -0.4 is 0 Å². The molecular formula is C12H22ClNO. The molecule has 2 aliphatic rings. The Morgan fingerprint density at radius 3 is 2.67 bits per heavy atom. The van der Waals surface area contributed by atoms with E-state index in [1.54, 1.807) is 0 Å². The summed E-state index contributed by atoms with van der Waals surface area (Å²) in [6, 6.07) is 0. The molecule has 2 rings (SSSR count). The van der Waals surface area contributed by atoms with Crippen LogP contribution in [0.2, 0.25) is 0 Å². The second-order valence-corrected chi connectivity index (χ2v) is 5.40. The molecule has 2 atom stereocenters. The molecule has 1 aliphatic carbocycles. The monoisotopic (exact) mass is 231 g/mol. The van der Waals surface area contributed by atoms with Gasteiger partial charge in [-0.15, -0.1) is 11.6 Å². The minimum atomic E-state index is 0.247. The first kappa shape index (κ1) is 11.7. The summed E-state index contributed by atoms with van der Waals surface area (Å²) in [7, 11) is 0. The minimum absolute atomic E-state index is 0.247. The number of alkyl halides is 1. The molecule has 0 spiro atoms. The van der Waals surface area contributed by atoms with Crippen LogP contribution in [0.1, 0.15) is 32.6 Å². The Kier molecular flexibility index (Phi) is 4.30. The molecule has 2 nitrogen and oxygen atoms in total. The fraction of sp³-hybridized carbons (Fsp3) is 1.00. The zero-order valence-electron chi connectivity index (χ0n) is 9.62. The van der Waals surface area contributed by atoms with Gasteiger partial charge < -0.3 is 4.74 Å². The highest BCUT2D eigenvalue weighted by molar-refractivity contribution is 6.18. The van der Waals surface area contributed by atoms with Crippen LogP contribution in [0.3, 0.4) is 0 Å². The lowest BCUT2D eigenvalue weighted by Gasteiger charge is -2.37. The SMILES string of the molecule is CC1CN(CC2CCCC2)CC(CCl)O1. The van der Waals surface area contributed by atoms with Crippen LogP contribution in [-0.2, 0) is 4.74 Å². The van der Waals surface area contributed by atoms with Gasteiger partial charge in [0.25, 0.3) is 0 Å². The van der Waals surface area contributed by atoms with Crippen LogP contribution in [0, 0.1) is 5.92 Å². The summed E-state index contributed by atoms with van der Waals surface area (Å²) in [6.07, 6.45) is 6.32. The first-order chi connectivity index (χ1) is 7.28. The van der Waals surface area contributed by atoms with E-state index in [0.29, 0.717) is 12.0 Å². The second kappa shape index (κ2) is 5.51. The van der Waals surface area contributed by atoms with Gasteiger partial charge in [-0.2, -0.15) is 0 Å². The number of hydrogen-bond donors (Lipinski definition) is 0. The fourth-order valence-electron chi connectivity index (χ4n) is 2.93. The van der Waals surface area contributed by atoms with Crippen LogP contribution >= 0.6 is 11.6 Å². The Morgan fingerprint density at radius 2 is 2.00 bits per heavy atom. The molecule has 0 aromatic heterocycles. The van der Waals surface area contributed by atoms with Gasteiger partial charge in [0.1, 0.15) is 0 Å². The normalized spacial score (nSPS) is 34.8. The van der Waals surface area contributed by atoms with Crippen LogP contribution in [0.4, 0.5) is 0 Å². The molecule has 0 aromatic carbocycles. The van der Waals surface area contributed by atoms with Gasteiger partial charge in [0.05, 0.1) is 12.2 Å². The molecule has 1 saturated carbocycles. The summed E-state index contributed by atoms with van der Waals surface area (Å²) in [5, 5.41) is 0. The molecule has 1 aliphatic heterocycles. The molecule has 1 saturated heterocycles. The topological polar surface area (TPSA) is 12.5 Å². The van der Waals surface area contributed by atoms with E-state index in [4.69, 9.17) is 16.3 Å². The van der Waals surface area contributed by atoms with Crippen LogP contribution in [-0.4, -0.2) is 42.6 Å². The van der Waals surface area contributed by atoms with Gasteiger partial charge in [-0.05, 0) is 25.7 Å². The summed E-state index contributed by atoms with van der Waals surface area (Å²) in [6.45, 7) is 5.54. The van der Waals surface area contributed by atoms with E-state index in [0.717, 1.165) is 19.0 Å². The van der Waals surface area contributed by atoms with Gasteiger partial charge in [-0.3, -0.25) is 4.90 Å². The summed E-state index contributed by atoms with van der Waals surface area (Å²) in [5.41, 5.74) is 0. The fourth-order valence-corrected chi connectivity index (χ4v) is 3.10. The molecule has 2 unspecified atom stereocenters. The van der Waals surface area contributed by atoms with Gasteiger partial charge in [0, 0.05) is 25.5 Å². The Morgan fingerprint density at radius 1 is 1.27 bits per heavy atom. The van der Waals surface area contributed by atoms with Crippen LogP contribution in [0.15, 0.2) is 0 Å². The highest BCUT2D eigenvalue weighted by atomic mass is 35.5. The minimum Gasteiger partial charge on any atom is -0.371 e. The third-order valence-electron chi connectivity index (χ3n) is 3.57. The van der Waals surface area contributed by atoms with Crippen molar-refractivity contribution < 1.29 is 4.74 Å². The maximum Gasteiger partial charge on any atom is 0.0841 e. The lowest BCUT2D eigenvalue weighted by atomic mass is 10.1. The Bertz CT molecular complexity index is 194. The van der Waals surface area contributed by atoms with Gasteiger partial charge in [-0.1, -0.05) is 12.8 Å². The van der Waals surface area contributed by atoms with Crippen molar-refractivity contribution >= 4 is 11.6 Å². The second-order valence-electron chi connectivity index (χ2n) is 5.09. The average molecular weight is 232 g/mol. The van der Waals surface area contributed by atoms with Crippen molar-refractivity contribution in [2.45, 2.75) is 44.8 Å². The van der Waals surface area contributed by atoms with Crippen molar-refractivity contribution in [3.05, 3.63) is 0 Å². The largest absolute Gasteiger partial charge is 0.371 e. The lowest BCUT2D eigenvalue weighted by Crippen LogP contribution is -2.48. The zero-order valence-corrected chi connectivity index (χ0v) is 10.4. The van der Waals surface area contributed by atoms with E-state index in [-0.39, 0.29) is 6.10 Å². The quantitative estimate of drug-likeness (QED) is 0.693. The lowest BCUT2D eigenvalue weighted by molar-refractivity contribution is -0.0696. The molecule has 1 heterocycles. The number of hydrogen-bond acceptors (Lipinski definition) is 2. The molecule has 0 radical (unpaired) electrons. The highest BCUT2D eigenvalue weighted by Crippen LogP contribution is 2.26. The summed E-state index contributed by atoms with van der Waals surface area (Å²) >= 11 is 5.88. The van der Waals surface area contributed by atoms with Gasteiger partial charge >= 0.3 is 0 Å².